The van der Waals surface area contributed by atoms with Crippen molar-refractivity contribution in [3.05, 3.63) is 0 Å². The second-order valence-electron chi connectivity index (χ2n) is 4.95. The van der Waals surface area contributed by atoms with Gasteiger partial charge in [0, 0.05) is 13.1 Å². The molecule has 0 aromatic heterocycles. The highest BCUT2D eigenvalue weighted by atomic mass is 16.2. The first-order valence-electron chi connectivity index (χ1n) is 6.10. The van der Waals surface area contributed by atoms with E-state index in [4.69, 9.17) is 5.73 Å². The van der Waals surface area contributed by atoms with Crippen LogP contribution >= 0.6 is 0 Å². The molecule has 1 heterocycles. The number of amides is 1. The Morgan fingerprint density at radius 2 is 1.93 bits per heavy atom. The molecule has 0 spiro atoms. The molecule has 88 valence electrons. The molecule has 1 aliphatic rings. The SMILES string of the molecule is CCCCC(N)C(=O)N1CC(C)C(C)C1. The highest BCUT2D eigenvalue weighted by molar-refractivity contribution is 5.81. The van der Waals surface area contributed by atoms with Crippen molar-refractivity contribution in [3.63, 3.8) is 0 Å². The van der Waals surface area contributed by atoms with Crippen molar-refractivity contribution >= 4 is 5.91 Å². The smallest absolute Gasteiger partial charge is 0.239 e. The fourth-order valence-corrected chi connectivity index (χ4v) is 2.09. The van der Waals surface area contributed by atoms with Crippen LogP contribution in [0.5, 0.6) is 0 Å². The zero-order valence-corrected chi connectivity index (χ0v) is 10.2. The summed E-state index contributed by atoms with van der Waals surface area (Å²) in [7, 11) is 0. The molecule has 15 heavy (non-hydrogen) atoms. The summed E-state index contributed by atoms with van der Waals surface area (Å²) < 4.78 is 0. The molecule has 0 aromatic carbocycles. The lowest BCUT2D eigenvalue weighted by atomic mass is 10.0. The van der Waals surface area contributed by atoms with Gasteiger partial charge in [-0.25, -0.2) is 0 Å². The molecule has 1 saturated heterocycles. The molecule has 3 unspecified atom stereocenters. The van der Waals surface area contributed by atoms with Gasteiger partial charge in [-0.05, 0) is 18.3 Å². The number of carbonyl (C=O) groups excluding carboxylic acids is 1. The average molecular weight is 212 g/mol. The lowest BCUT2D eigenvalue weighted by Crippen LogP contribution is -2.42. The van der Waals surface area contributed by atoms with Gasteiger partial charge in [0.1, 0.15) is 0 Å². The van der Waals surface area contributed by atoms with E-state index in [1.807, 2.05) is 4.90 Å². The topological polar surface area (TPSA) is 46.3 Å². The normalized spacial score (nSPS) is 28.1. The fraction of sp³-hybridized carbons (Fsp3) is 0.917. The largest absolute Gasteiger partial charge is 0.341 e. The summed E-state index contributed by atoms with van der Waals surface area (Å²) in [6.07, 6.45) is 2.98. The van der Waals surface area contributed by atoms with Crippen LogP contribution in [0, 0.1) is 11.8 Å². The first-order chi connectivity index (χ1) is 7.06. The van der Waals surface area contributed by atoms with Crippen molar-refractivity contribution < 1.29 is 4.79 Å². The lowest BCUT2D eigenvalue weighted by Gasteiger charge is -2.20. The Morgan fingerprint density at radius 1 is 1.40 bits per heavy atom. The maximum absolute atomic E-state index is 11.9. The van der Waals surface area contributed by atoms with Crippen LogP contribution in [0.4, 0.5) is 0 Å². The Bertz CT molecular complexity index is 208. The molecule has 3 heteroatoms. The van der Waals surface area contributed by atoms with Crippen molar-refractivity contribution in [2.45, 2.75) is 46.1 Å². The zero-order chi connectivity index (χ0) is 11.4. The van der Waals surface area contributed by atoms with Gasteiger partial charge in [0.2, 0.25) is 5.91 Å². The van der Waals surface area contributed by atoms with Crippen LogP contribution in [0.25, 0.3) is 0 Å². The first-order valence-corrected chi connectivity index (χ1v) is 6.10. The lowest BCUT2D eigenvalue weighted by molar-refractivity contribution is -0.131. The Hall–Kier alpha value is -0.570. The van der Waals surface area contributed by atoms with Crippen LogP contribution in [0.1, 0.15) is 40.0 Å². The fourth-order valence-electron chi connectivity index (χ4n) is 2.09. The average Bonchev–Trinajstić information content (AvgIpc) is 2.54. The molecule has 0 aromatic rings. The van der Waals surface area contributed by atoms with E-state index in [1.165, 1.54) is 0 Å². The molecule has 3 nitrogen and oxygen atoms in total. The highest BCUT2D eigenvalue weighted by Gasteiger charge is 2.31. The zero-order valence-electron chi connectivity index (χ0n) is 10.2. The van der Waals surface area contributed by atoms with Crippen molar-refractivity contribution in [1.29, 1.82) is 0 Å². The summed E-state index contributed by atoms with van der Waals surface area (Å²) in [5.74, 6) is 1.39. The Balaban J connectivity index is 2.40. The van der Waals surface area contributed by atoms with Gasteiger partial charge in [0.05, 0.1) is 6.04 Å². The van der Waals surface area contributed by atoms with E-state index in [0.717, 1.165) is 32.4 Å². The summed E-state index contributed by atoms with van der Waals surface area (Å²) in [5, 5.41) is 0. The minimum absolute atomic E-state index is 0.152. The molecular formula is C12H24N2O. The van der Waals surface area contributed by atoms with Gasteiger partial charge in [-0.3, -0.25) is 4.79 Å². The molecular weight excluding hydrogens is 188 g/mol. The second-order valence-corrected chi connectivity index (χ2v) is 4.95. The second kappa shape index (κ2) is 5.50. The minimum atomic E-state index is -0.276. The number of nitrogens with two attached hydrogens (primary N) is 1. The Labute approximate surface area is 93.0 Å². The molecule has 0 saturated carbocycles. The summed E-state index contributed by atoms with van der Waals surface area (Å²) in [4.78, 5) is 13.9. The van der Waals surface area contributed by atoms with E-state index >= 15 is 0 Å². The predicted octanol–water partition coefficient (Wildman–Crippen LogP) is 1.62. The van der Waals surface area contributed by atoms with E-state index in [0.29, 0.717) is 11.8 Å². The van der Waals surface area contributed by atoms with Crippen molar-refractivity contribution in [1.82, 2.24) is 4.90 Å². The number of hydrogen-bond acceptors (Lipinski definition) is 2. The molecule has 1 amide bonds. The summed E-state index contributed by atoms with van der Waals surface area (Å²) in [6, 6.07) is -0.276. The molecule has 1 rings (SSSR count). The number of nitrogens with zero attached hydrogens (tertiary/aromatic N) is 1. The van der Waals surface area contributed by atoms with E-state index in [2.05, 4.69) is 20.8 Å². The van der Waals surface area contributed by atoms with E-state index in [1.54, 1.807) is 0 Å². The Morgan fingerprint density at radius 3 is 2.40 bits per heavy atom. The third-order valence-electron chi connectivity index (χ3n) is 3.49. The maximum Gasteiger partial charge on any atom is 0.239 e. The van der Waals surface area contributed by atoms with Gasteiger partial charge in [-0.1, -0.05) is 33.6 Å². The predicted molar refractivity (Wildman–Crippen MR) is 62.4 cm³/mol. The quantitative estimate of drug-likeness (QED) is 0.769. The van der Waals surface area contributed by atoms with Gasteiger partial charge < -0.3 is 10.6 Å². The molecule has 0 aliphatic carbocycles. The van der Waals surface area contributed by atoms with Crippen molar-refractivity contribution in [3.8, 4) is 0 Å². The summed E-state index contributed by atoms with van der Waals surface area (Å²) in [5.41, 5.74) is 5.88. The van der Waals surface area contributed by atoms with Crippen LogP contribution in [-0.2, 0) is 4.79 Å². The van der Waals surface area contributed by atoms with Gasteiger partial charge in [-0.15, -0.1) is 0 Å². The van der Waals surface area contributed by atoms with Crippen LogP contribution in [0.3, 0.4) is 0 Å². The third-order valence-corrected chi connectivity index (χ3v) is 3.49. The molecule has 0 radical (unpaired) electrons. The van der Waals surface area contributed by atoms with Crippen molar-refractivity contribution in [2.24, 2.45) is 17.6 Å². The van der Waals surface area contributed by atoms with E-state index in [-0.39, 0.29) is 11.9 Å². The van der Waals surface area contributed by atoms with Gasteiger partial charge in [-0.2, -0.15) is 0 Å². The number of likely N-dealkylation sites (tertiary alicyclic amines) is 1. The van der Waals surface area contributed by atoms with E-state index in [9.17, 15) is 4.79 Å². The van der Waals surface area contributed by atoms with Gasteiger partial charge in [0.15, 0.2) is 0 Å². The minimum Gasteiger partial charge on any atom is -0.341 e. The molecule has 1 fully saturated rings. The van der Waals surface area contributed by atoms with E-state index < -0.39 is 0 Å². The van der Waals surface area contributed by atoms with Crippen LogP contribution in [0.15, 0.2) is 0 Å². The number of rotatable bonds is 4. The number of carbonyl (C=O) groups is 1. The Kier molecular flexibility index (Phi) is 4.58. The molecule has 0 bridgehead atoms. The summed E-state index contributed by atoms with van der Waals surface area (Å²) in [6.45, 7) is 8.31. The number of hydrogen-bond donors (Lipinski definition) is 1. The van der Waals surface area contributed by atoms with Crippen LogP contribution < -0.4 is 5.73 Å². The van der Waals surface area contributed by atoms with Gasteiger partial charge >= 0.3 is 0 Å². The standard InChI is InChI=1S/C12H24N2O/c1-4-5-6-11(13)12(15)14-7-9(2)10(3)8-14/h9-11H,4-8,13H2,1-3H3. The monoisotopic (exact) mass is 212 g/mol. The molecule has 2 N–H and O–H groups in total. The van der Waals surface area contributed by atoms with Crippen molar-refractivity contribution in [2.75, 3.05) is 13.1 Å². The van der Waals surface area contributed by atoms with Gasteiger partial charge in [0.25, 0.3) is 0 Å². The van der Waals surface area contributed by atoms with Crippen LogP contribution in [-0.4, -0.2) is 29.9 Å². The molecule has 3 atom stereocenters. The third kappa shape index (κ3) is 3.20. The highest BCUT2D eigenvalue weighted by Crippen LogP contribution is 2.22. The van der Waals surface area contributed by atoms with Crippen LogP contribution in [0.2, 0.25) is 0 Å². The first kappa shape index (κ1) is 12.5. The number of unbranched alkanes of at least 4 members (excludes halogenated alkanes) is 1. The maximum atomic E-state index is 11.9. The summed E-state index contributed by atoms with van der Waals surface area (Å²) >= 11 is 0. The molecule has 1 aliphatic heterocycles.